The molecule has 1 atom stereocenters. The Balaban J connectivity index is 2.00. The Labute approximate surface area is 118 Å². The summed E-state index contributed by atoms with van der Waals surface area (Å²) >= 11 is 0. The molecule has 2 aromatic rings. The molecule has 0 saturated carbocycles. The standard InChI is InChI=1S/C15H18N4O/c1-10-9-11(2)17-15(16-10)18-12(3)14(20)19-13-7-5-4-6-8-13/h4-9,12H,1-3H3,(H,19,20)(H,16,17,18). The van der Waals surface area contributed by atoms with Crippen LogP contribution in [0.1, 0.15) is 18.3 Å². The number of para-hydroxylation sites is 1. The van der Waals surface area contributed by atoms with Crippen LogP contribution >= 0.6 is 0 Å². The van der Waals surface area contributed by atoms with Gasteiger partial charge in [-0.15, -0.1) is 0 Å². The van der Waals surface area contributed by atoms with Crippen molar-refractivity contribution in [1.29, 1.82) is 0 Å². The highest BCUT2D eigenvalue weighted by molar-refractivity contribution is 5.95. The van der Waals surface area contributed by atoms with Crippen LogP contribution in [0.3, 0.4) is 0 Å². The molecule has 0 saturated heterocycles. The van der Waals surface area contributed by atoms with Crippen LogP contribution in [0, 0.1) is 13.8 Å². The number of aryl methyl sites for hydroxylation is 2. The van der Waals surface area contributed by atoms with E-state index in [0.717, 1.165) is 17.1 Å². The zero-order chi connectivity index (χ0) is 14.5. The zero-order valence-electron chi connectivity index (χ0n) is 11.8. The van der Waals surface area contributed by atoms with Gasteiger partial charge in [0, 0.05) is 17.1 Å². The molecule has 20 heavy (non-hydrogen) atoms. The van der Waals surface area contributed by atoms with Gasteiger partial charge in [-0.2, -0.15) is 0 Å². The Morgan fingerprint density at radius 3 is 2.30 bits per heavy atom. The Morgan fingerprint density at radius 2 is 1.70 bits per heavy atom. The van der Waals surface area contributed by atoms with Crippen LogP contribution in [0.25, 0.3) is 0 Å². The van der Waals surface area contributed by atoms with E-state index in [4.69, 9.17) is 0 Å². The van der Waals surface area contributed by atoms with Crippen molar-refractivity contribution in [1.82, 2.24) is 9.97 Å². The molecule has 1 aromatic heterocycles. The fourth-order valence-corrected chi connectivity index (χ4v) is 1.82. The van der Waals surface area contributed by atoms with Gasteiger partial charge in [0.25, 0.3) is 0 Å². The maximum absolute atomic E-state index is 12.1. The van der Waals surface area contributed by atoms with E-state index in [1.807, 2.05) is 50.2 Å². The van der Waals surface area contributed by atoms with E-state index < -0.39 is 6.04 Å². The highest BCUT2D eigenvalue weighted by atomic mass is 16.2. The van der Waals surface area contributed by atoms with Crippen LogP contribution < -0.4 is 10.6 Å². The average molecular weight is 270 g/mol. The van der Waals surface area contributed by atoms with Gasteiger partial charge in [0.2, 0.25) is 11.9 Å². The van der Waals surface area contributed by atoms with Crippen LogP contribution in [0.15, 0.2) is 36.4 Å². The predicted molar refractivity (Wildman–Crippen MR) is 79.7 cm³/mol. The number of carbonyl (C=O) groups excluding carboxylic acids is 1. The third-order valence-electron chi connectivity index (χ3n) is 2.76. The molecule has 0 bridgehead atoms. The van der Waals surface area contributed by atoms with E-state index in [0.29, 0.717) is 5.95 Å². The Morgan fingerprint density at radius 1 is 1.10 bits per heavy atom. The molecule has 2 rings (SSSR count). The van der Waals surface area contributed by atoms with Gasteiger partial charge in [-0.25, -0.2) is 9.97 Å². The van der Waals surface area contributed by atoms with Crippen molar-refractivity contribution in [2.24, 2.45) is 0 Å². The fraction of sp³-hybridized carbons (Fsp3) is 0.267. The largest absolute Gasteiger partial charge is 0.343 e. The summed E-state index contributed by atoms with van der Waals surface area (Å²) in [5.74, 6) is 0.345. The molecule has 0 aliphatic carbocycles. The highest BCUT2D eigenvalue weighted by Gasteiger charge is 2.14. The van der Waals surface area contributed by atoms with Crippen molar-refractivity contribution in [3.63, 3.8) is 0 Å². The number of rotatable bonds is 4. The second kappa shape index (κ2) is 6.14. The van der Waals surface area contributed by atoms with Gasteiger partial charge < -0.3 is 10.6 Å². The molecule has 1 aromatic carbocycles. The number of hydrogen-bond donors (Lipinski definition) is 2. The number of anilines is 2. The summed E-state index contributed by atoms with van der Waals surface area (Å²) in [4.78, 5) is 20.6. The van der Waals surface area contributed by atoms with E-state index in [-0.39, 0.29) is 5.91 Å². The lowest BCUT2D eigenvalue weighted by Crippen LogP contribution is -2.32. The third-order valence-corrected chi connectivity index (χ3v) is 2.76. The Bertz CT molecular complexity index is 578. The van der Waals surface area contributed by atoms with Crippen molar-refractivity contribution in [2.45, 2.75) is 26.8 Å². The van der Waals surface area contributed by atoms with E-state index in [1.165, 1.54) is 0 Å². The van der Waals surface area contributed by atoms with Gasteiger partial charge in [0.05, 0.1) is 0 Å². The number of aromatic nitrogens is 2. The summed E-state index contributed by atoms with van der Waals surface area (Å²) in [6.45, 7) is 5.57. The Kier molecular flexibility index (Phi) is 4.30. The van der Waals surface area contributed by atoms with Gasteiger partial charge in [-0.3, -0.25) is 4.79 Å². The van der Waals surface area contributed by atoms with Gasteiger partial charge in [-0.1, -0.05) is 18.2 Å². The van der Waals surface area contributed by atoms with Crippen LogP contribution in [0.4, 0.5) is 11.6 Å². The lowest BCUT2D eigenvalue weighted by molar-refractivity contribution is -0.116. The summed E-state index contributed by atoms with van der Waals surface area (Å²) in [5, 5.41) is 5.84. The van der Waals surface area contributed by atoms with Crippen molar-refractivity contribution in [2.75, 3.05) is 10.6 Å². The molecular formula is C15H18N4O. The molecule has 2 N–H and O–H groups in total. The zero-order valence-corrected chi connectivity index (χ0v) is 11.8. The minimum absolute atomic E-state index is 0.126. The van der Waals surface area contributed by atoms with Crippen LogP contribution in [0.5, 0.6) is 0 Å². The van der Waals surface area contributed by atoms with Crippen LogP contribution in [0.2, 0.25) is 0 Å². The number of nitrogens with one attached hydrogen (secondary N) is 2. The van der Waals surface area contributed by atoms with Crippen molar-refractivity contribution < 1.29 is 4.79 Å². The number of benzene rings is 1. The van der Waals surface area contributed by atoms with Crippen molar-refractivity contribution in [3.8, 4) is 0 Å². The van der Waals surface area contributed by atoms with Gasteiger partial charge in [-0.05, 0) is 39.0 Å². The summed E-state index contributed by atoms with van der Waals surface area (Å²) < 4.78 is 0. The van der Waals surface area contributed by atoms with Crippen molar-refractivity contribution in [3.05, 3.63) is 47.8 Å². The fourth-order valence-electron chi connectivity index (χ4n) is 1.82. The molecule has 0 radical (unpaired) electrons. The first-order valence-electron chi connectivity index (χ1n) is 6.49. The number of nitrogens with zero attached hydrogens (tertiary/aromatic N) is 2. The monoisotopic (exact) mass is 270 g/mol. The minimum atomic E-state index is -0.420. The van der Waals surface area contributed by atoms with Crippen LogP contribution in [-0.4, -0.2) is 21.9 Å². The minimum Gasteiger partial charge on any atom is -0.343 e. The topological polar surface area (TPSA) is 66.9 Å². The smallest absolute Gasteiger partial charge is 0.246 e. The van der Waals surface area contributed by atoms with Gasteiger partial charge in [0.1, 0.15) is 6.04 Å². The molecule has 1 unspecified atom stereocenters. The number of amides is 1. The Hall–Kier alpha value is -2.43. The number of hydrogen-bond acceptors (Lipinski definition) is 4. The molecule has 5 nitrogen and oxygen atoms in total. The lowest BCUT2D eigenvalue weighted by atomic mass is 10.2. The van der Waals surface area contributed by atoms with E-state index in [1.54, 1.807) is 6.92 Å². The first-order valence-corrected chi connectivity index (χ1v) is 6.49. The quantitative estimate of drug-likeness (QED) is 0.896. The summed E-state index contributed by atoms with van der Waals surface area (Å²) in [6.07, 6.45) is 0. The van der Waals surface area contributed by atoms with E-state index in [2.05, 4.69) is 20.6 Å². The molecule has 1 amide bonds. The van der Waals surface area contributed by atoms with Gasteiger partial charge in [0.15, 0.2) is 0 Å². The normalized spacial score (nSPS) is 11.8. The molecule has 5 heteroatoms. The van der Waals surface area contributed by atoms with Gasteiger partial charge >= 0.3 is 0 Å². The maximum Gasteiger partial charge on any atom is 0.246 e. The third kappa shape index (κ3) is 3.78. The van der Waals surface area contributed by atoms with Crippen molar-refractivity contribution >= 4 is 17.5 Å². The maximum atomic E-state index is 12.1. The second-order valence-corrected chi connectivity index (χ2v) is 4.70. The second-order valence-electron chi connectivity index (χ2n) is 4.70. The molecular weight excluding hydrogens is 252 g/mol. The summed E-state index contributed by atoms with van der Waals surface area (Å²) in [5.41, 5.74) is 2.51. The molecule has 0 spiro atoms. The lowest BCUT2D eigenvalue weighted by Gasteiger charge is -2.14. The molecule has 0 aliphatic rings. The van der Waals surface area contributed by atoms with E-state index >= 15 is 0 Å². The molecule has 1 heterocycles. The molecule has 0 aliphatic heterocycles. The molecule has 104 valence electrons. The highest BCUT2D eigenvalue weighted by Crippen LogP contribution is 2.08. The summed E-state index contributed by atoms with van der Waals surface area (Å²) in [7, 11) is 0. The SMILES string of the molecule is Cc1cc(C)nc(NC(C)C(=O)Nc2ccccc2)n1. The first kappa shape index (κ1) is 14.0. The van der Waals surface area contributed by atoms with Crippen LogP contribution in [-0.2, 0) is 4.79 Å². The van der Waals surface area contributed by atoms with E-state index in [9.17, 15) is 4.79 Å². The predicted octanol–water partition coefficient (Wildman–Crippen LogP) is 2.53. The average Bonchev–Trinajstić information content (AvgIpc) is 2.38. The number of carbonyl (C=O) groups is 1. The molecule has 0 fully saturated rings. The summed E-state index contributed by atoms with van der Waals surface area (Å²) in [6, 6.07) is 10.8. The first-order chi connectivity index (χ1) is 9.54.